The average molecular weight is 652 g/mol. The van der Waals surface area contributed by atoms with Gasteiger partial charge in [0.25, 0.3) is 0 Å². The SMILES string of the molecule is COc1ccc2c(c1)C(C)(C)C(/C=C/C=C/C=C1/N(CCCc3ccccc3)c3ccc(OC)cc3C1(C)C)=[N+]2CCCc1ccccc1. The van der Waals surface area contributed by atoms with Crippen LogP contribution in [0.1, 0.15) is 62.8 Å². The maximum absolute atomic E-state index is 5.64. The van der Waals surface area contributed by atoms with Crippen molar-refractivity contribution in [2.75, 3.05) is 32.2 Å². The van der Waals surface area contributed by atoms with Crippen molar-refractivity contribution in [3.8, 4) is 11.5 Å². The Bertz CT molecular complexity index is 1880. The number of aryl methyl sites for hydroxylation is 2. The van der Waals surface area contributed by atoms with Gasteiger partial charge in [-0.1, -0.05) is 92.7 Å². The molecule has 0 spiro atoms. The van der Waals surface area contributed by atoms with Gasteiger partial charge in [0, 0.05) is 47.5 Å². The zero-order chi connectivity index (χ0) is 34.4. The number of hydrogen-bond donors (Lipinski definition) is 0. The highest BCUT2D eigenvalue weighted by atomic mass is 16.5. The fourth-order valence-corrected chi connectivity index (χ4v) is 7.57. The van der Waals surface area contributed by atoms with Crippen molar-refractivity contribution in [3.05, 3.63) is 155 Å². The van der Waals surface area contributed by atoms with E-state index in [1.807, 2.05) is 0 Å². The molecule has 0 aliphatic carbocycles. The van der Waals surface area contributed by atoms with Crippen LogP contribution in [0.2, 0.25) is 0 Å². The first-order valence-corrected chi connectivity index (χ1v) is 17.7. The second kappa shape index (κ2) is 14.7. The summed E-state index contributed by atoms with van der Waals surface area (Å²) in [5, 5.41) is 0. The maximum Gasteiger partial charge on any atom is 0.210 e. The lowest BCUT2D eigenvalue weighted by atomic mass is 9.81. The molecule has 0 saturated heterocycles. The quantitative estimate of drug-likeness (QED) is 0.106. The third-order valence-corrected chi connectivity index (χ3v) is 10.3. The van der Waals surface area contributed by atoms with Crippen LogP contribution >= 0.6 is 0 Å². The fourth-order valence-electron chi connectivity index (χ4n) is 7.57. The predicted octanol–water partition coefficient (Wildman–Crippen LogP) is 10.1. The normalized spacial score (nSPS) is 16.9. The molecule has 4 nitrogen and oxygen atoms in total. The molecule has 4 heteroatoms. The average Bonchev–Trinajstić information content (AvgIpc) is 3.46. The molecule has 0 aromatic heterocycles. The molecule has 4 aromatic rings. The van der Waals surface area contributed by atoms with Crippen LogP contribution in [0.5, 0.6) is 11.5 Å². The third kappa shape index (κ3) is 7.15. The van der Waals surface area contributed by atoms with Crippen LogP contribution in [0.3, 0.4) is 0 Å². The minimum atomic E-state index is -0.150. The highest BCUT2D eigenvalue weighted by Crippen LogP contribution is 2.49. The molecule has 2 heterocycles. The van der Waals surface area contributed by atoms with Gasteiger partial charge in [-0.15, -0.1) is 0 Å². The molecule has 0 fully saturated rings. The Morgan fingerprint density at radius 3 is 1.92 bits per heavy atom. The van der Waals surface area contributed by atoms with Crippen molar-refractivity contribution >= 4 is 17.1 Å². The van der Waals surface area contributed by atoms with Gasteiger partial charge in [-0.05, 0) is 86.2 Å². The summed E-state index contributed by atoms with van der Waals surface area (Å²) < 4.78 is 13.8. The smallest absolute Gasteiger partial charge is 0.210 e. The van der Waals surface area contributed by atoms with Crippen LogP contribution in [0.25, 0.3) is 0 Å². The molecule has 0 amide bonds. The molecule has 2 aliphatic heterocycles. The van der Waals surface area contributed by atoms with Gasteiger partial charge in [-0.3, -0.25) is 0 Å². The van der Waals surface area contributed by atoms with E-state index in [1.54, 1.807) is 14.2 Å². The van der Waals surface area contributed by atoms with Crippen LogP contribution in [-0.2, 0) is 23.7 Å². The predicted molar refractivity (Wildman–Crippen MR) is 205 cm³/mol. The lowest BCUT2D eigenvalue weighted by Crippen LogP contribution is -2.28. The van der Waals surface area contributed by atoms with Crippen molar-refractivity contribution in [1.29, 1.82) is 0 Å². The third-order valence-electron chi connectivity index (χ3n) is 10.3. The summed E-state index contributed by atoms with van der Waals surface area (Å²) in [4.78, 5) is 2.51. The Morgan fingerprint density at radius 2 is 1.27 bits per heavy atom. The second-order valence-electron chi connectivity index (χ2n) is 14.2. The zero-order valence-corrected chi connectivity index (χ0v) is 30.1. The van der Waals surface area contributed by atoms with E-state index in [4.69, 9.17) is 9.47 Å². The Kier molecular flexibility index (Phi) is 10.2. The van der Waals surface area contributed by atoms with Gasteiger partial charge >= 0.3 is 0 Å². The number of fused-ring (bicyclic) bond motifs is 2. The summed E-state index contributed by atoms with van der Waals surface area (Å²) in [6.07, 6.45) is 15.5. The lowest BCUT2D eigenvalue weighted by Gasteiger charge is -2.27. The molecule has 0 N–H and O–H groups in total. The zero-order valence-electron chi connectivity index (χ0n) is 30.1. The van der Waals surface area contributed by atoms with E-state index in [0.717, 1.165) is 50.3 Å². The minimum Gasteiger partial charge on any atom is -0.497 e. The van der Waals surface area contributed by atoms with Gasteiger partial charge in [-0.25, -0.2) is 0 Å². The number of hydrogen-bond acceptors (Lipinski definition) is 3. The van der Waals surface area contributed by atoms with Crippen LogP contribution in [-0.4, -0.2) is 37.6 Å². The highest BCUT2D eigenvalue weighted by molar-refractivity contribution is 6.03. The van der Waals surface area contributed by atoms with E-state index in [1.165, 1.54) is 45.0 Å². The van der Waals surface area contributed by atoms with E-state index in [0.29, 0.717) is 0 Å². The Labute approximate surface area is 293 Å². The Balaban J connectivity index is 1.26. The van der Waals surface area contributed by atoms with Crippen molar-refractivity contribution in [2.24, 2.45) is 0 Å². The minimum absolute atomic E-state index is 0.150. The van der Waals surface area contributed by atoms with Gasteiger partial charge in [0.1, 0.15) is 18.0 Å². The summed E-state index contributed by atoms with van der Waals surface area (Å²) in [7, 11) is 3.49. The van der Waals surface area contributed by atoms with Gasteiger partial charge in [0.15, 0.2) is 5.71 Å². The van der Waals surface area contributed by atoms with Gasteiger partial charge in [0.2, 0.25) is 5.69 Å². The molecule has 0 unspecified atom stereocenters. The number of benzene rings is 4. The van der Waals surface area contributed by atoms with E-state index in [-0.39, 0.29) is 10.8 Å². The number of methoxy groups -OCH3 is 2. The molecule has 2 aliphatic rings. The Hall–Kier alpha value is -4.83. The first kappa shape index (κ1) is 34.0. The molecular weight excluding hydrogens is 601 g/mol. The van der Waals surface area contributed by atoms with Crippen LogP contribution in [0, 0.1) is 0 Å². The molecule has 0 bridgehead atoms. The summed E-state index contributed by atoms with van der Waals surface area (Å²) in [5.74, 6) is 1.80. The Morgan fingerprint density at radius 1 is 0.653 bits per heavy atom. The summed E-state index contributed by atoms with van der Waals surface area (Å²) in [6, 6.07) is 34.6. The lowest BCUT2D eigenvalue weighted by molar-refractivity contribution is -0.438. The molecule has 0 radical (unpaired) electrons. The number of anilines is 1. The van der Waals surface area contributed by atoms with Crippen molar-refractivity contribution in [2.45, 2.75) is 64.2 Å². The van der Waals surface area contributed by atoms with Crippen LogP contribution in [0.4, 0.5) is 11.4 Å². The number of nitrogens with zero attached hydrogens (tertiary/aromatic N) is 2. The first-order valence-electron chi connectivity index (χ1n) is 17.7. The fraction of sp³-hybridized carbons (Fsp3) is 0.311. The summed E-state index contributed by atoms with van der Waals surface area (Å²) >= 11 is 0. The van der Waals surface area contributed by atoms with E-state index < -0.39 is 0 Å². The second-order valence-corrected chi connectivity index (χ2v) is 14.2. The summed E-state index contributed by atoms with van der Waals surface area (Å²) in [5.41, 5.74) is 10.3. The van der Waals surface area contributed by atoms with E-state index in [2.05, 4.69) is 165 Å². The van der Waals surface area contributed by atoms with Crippen molar-refractivity contribution in [1.82, 2.24) is 0 Å². The molecule has 49 heavy (non-hydrogen) atoms. The molecular formula is C45H51N2O2+. The van der Waals surface area contributed by atoms with Crippen LogP contribution < -0.4 is 14.4 Å². The molecule has 252 valence electrons. The molecule has 4 aromatic carbocycles. The summed E-state index contributed by atoms with van der Waals surface area (Å²) in [6.45, 7) is 11.2. The number of ether oxygens (including phenoxy) is 2. The standard InChI is InChI=1S/C45H51N2O2/c1-44(2)38-32-36(48-5)26-28-40(38)46(30-16-22-34-18-10-7-11-19-34)42(44)24-14-9-15-25-43-45(3,4)39-33-37(49-6)27-29-41(39)47(43)31-17-23-35-20-12-8-13-21-35/h7-15,18-21,24-29,32-33H,16-17,22-23,30-31H2,1-6H3/q+1. The number of rotatable bonds is 13. The van der Waals surface area contributed by atoms with E-state index in [9.17, 15) is 0 Å². The van der Waals surface area contributed by atoms with Crippen LogP contribution in [0.15, 0.2) is 133 Å². The molecule has 6 rings (SSSR count). The largest absolute Gasteiger partial charge is 0.497 e. The maximum atomic E-state index is 5.64. The van der Waals surface area contributed by atoms with Gasteiger partial charge < -0.3 is 14.4 Å². The van der Waals surface area contributed by atoms with Gasteiger partial charge in [-0.2, -0.15) is 4.58 Å². The highest BCUT2D eigenvalue weighted by Gasteiger charge is 2.44. The molecule has 0 atom stereocenters. The monoisotopic (exact) mass is 651 g/mol. The van der Waals surface area contributed by atoms with E-state index >= 15 is 0 Å². The topological polar surface area (TPSA) is 24.7 Å². The first-order chi connectivity index (χ1) is 23.7. The molecule has 0 saturated carbocycles. The van der Waals surface area contributed by atoms with Crippen molar-refractivity contribution in [3.63, 3.8) is 0 Å². The van der Waals surface area contributed by atoms with Crippen molar-refractivity contribution < 1.29 is 14.0 Å². The number of allylic oxidation sites excluding steroid dienone is 6. The van der Waals surface area contributed by atoms with Gasteiger partial charge in [0.05, 0.1) is 19.6 Å².